The Morgan fingerprint density at radius 3 is 2.71 bits per heavy atom. The van der Waals surface area contributed by atoms with Crippen LogP contribution in [0.1, 0.15) is 10.4 Å². The smallest absolute Gasteiger partial charge is 0.342 e. The molecule has 92 valence electrons. The fraction of sp³-hybridized carbons (Fsp3) is 0.273. The Bertz CT molecular complexity index is 433. The van der Waals surface area contributed by atoms with Gasteiger partial charge >= 0.3 is 5.97 Å². The summed E-state index contributed by atoms with van der Waals surface area (Å²) in [6, 6.07) is 4.57. The van der Waals surface area contributed by atoms with Crippen LogP contribution >= 0.6 is 11.6 Å². The highest BCUT2D eigenvalue weighted by Gasteiger charge is 2.15. The molecular formula is C11H12ClNO4. The van der Waals surface area contributed by atoms with Gasteiger partial charge in [-0.15, -0.1) is 0 Å². The van der Waals surface area contributed by atoms with Crippen LogP contribution in [0.3, 0.4) is 0 Å². The van der Waals surface area contributed by atoms with Gasteiger partial charge in [0.05, 0.1) is 7.11 Å². The average molecular weight is 258 g/mol. The van der Waals surface area contributed by atoms with E-state index in [4.69, 9.17) is 21.1 Å². The van der Waals surface area contributed by atoms with E-state index in [1.165, 1.54) is 20.2 Å². The second-order valence-electron chi connectivity index (χ2n) is 3.09. The van der Waals surface area contributed by atoms with Gasteiger partial charge in [-0.3, -0.25) is 4.79 Å². The Kier molecular flexibility index (Phi) is 4.78. The number of amides is 1. The fourth-order valence-corrected chi connectivity index (χ4v) is 1.29. The highest BCUT2D eigenvalue weighted by atomic mass is 35.5. The van der Waals surface area contributed by atoms with Crippen LogP contribution in [0.4, 0.5) is 0 Å². The molecule has 0 aliphatic rings. The molecule has 1 N–H and O–H groups in total. The van der Waals surface area contributed by atoms with E-state index in [2.05, 4.69) is 5.32 Å². The fourth-order valence-electron chi connectivity index (χ4n) is 1.12. The zero-order valence-electron chi connectivity index (χ0n) is 9.45. The summed E-state index contributed by atoms with van der Waals surface area (Å²) in [4.78, 5) is 22.6. The molecule has 1 aromatic carbocycles. The maximum atomic E-state index is 11.7. The number of carbonyl (C=O) groups excluding carboxylic acids is 2. The number of hydrogen-bond donors (Lipinski definition) is 1. The first kappa shape index (κ1) is 13.3. The van der Waals surface area contributed by atoms with Gasteiger partial charge in [-0.2, -0.15) is 0 Å². The Balaban J connectivity index is 2.80. The van der Waals surface area contributed by atoms with Crippen LogP contribution in [-0.4, -0.2) is 32.6 Å². The van der Waals surface area contributed by atoms with Crippen molar-refractivity contribution in [3.63, 3.8) is 0 Å². The zero-order valence-corrected chi connectivity index (χ0v) is 10.2. The third-order valence-electron chi connectivity index (χ3n) is 1.99. The molecule has 0 heterocycles. The summed E-state index contributed by atoms with van der Waals surface area (Å²) in [5, 5.41) is 2.73. The maximum Gasteiger partial charge on any atom is 0.342 e. The van der Waals surface area contributed by atoms with E-state index in [-0.39, 0.29) is 18.1 Å². The number of esters is 1. The van der Waals surface area contributed by atoms with Crippen LogP contribution in [-0.2, 0) is 9.53 Å². The van der Waals surface area contributed by atoms with Gasteiger partial charge in [-0.1, -0.05) is 11.6 Å². The Labute approximate surface area is 104 Å². The monoisotopic (exact) mass is 257 g/mol. The van der Waals surface area contributed by atoms with Crippen LogP contribution in [0.2, 0.25) is 5.02 Å². The number of rotatable bonds is 4. The van der Waals surface area contributed by atoms with Crippen molar-refractivity contribution >= 4 is 23.5 Å². The molecule has 0 unspecified atom stereocenters. The first-order valence-corrected chi connectivity index (χ1v) is 5.17. The molecule has 0 radical (unpaired) electrons. The minimum absolute atomic E-state index is 0.184. The Morgan fingerprint density at radius 2 is 2.12 bits per heavy atom. The van der Waals surface area contributed by atoms with Gasteiger partial charge in [0.15, 0.2) is 6.61 Å². The first-order chi connectivity index (χ1) is 8.08. The van der Waals surface area contributed by atoms with Crippen LogP contribution in [0.25, 0.3) is 0 Å². The van der Waals surface area contributed by atoms with Crippen molar-refractivity contribution in [2.75, 3.05) is 20.8 Å². The van der Waals surface area contributed by atoms with Crippen molar-refractivity contribution in [2.45, 2.75) is 0 Å². The number of halogens is 1. The van der Waals surface area contributed by atoms with Gasteiger partial charge < -0.3 is 14.8 Å². The standard InChI is InChI=1S/C11H12ClNO4/c1-13-10(14)6-17-11(15)8-5-7(12)3-4-9(8)16-2/h3-5H,6H2,1-2H3,(H,13,14). The minimum Gasteiger partial charge on any atom is -0.496 e. The number of methoxy groups -OCH3 is 1. The first-order valence-electron chi connectivity index (χ1n) is 4.79. The summed E-state index contributed by atoms with van der Waals surface area (Å²) in [5.41, 5.74) is 0.184. The lowest BCUT2D eigenvalue weighted by Crippen LogP contribution is -2.25. The lowest BCUT2D eigenvalue weighted by atomic mass is 10.2. The summed E-state index contributed by atoms with van der Waals surface area (Å²) >= 11 is 5.77. The van der Waals surface area contributed by atoms with Crippen LogP contribution in [0, 0.1) is 0 Å². The molecule has 0 saturated carbocycles. The quantitative estimate of drug-likeness (QED) is 0.825. The summed E-state index contributed by atoms with van der Waals surface area (Å²) in [6.07, 6.45) is 0. The van der Waals surface area contributed by atoms with Gasteiger partial charge in [0.25, 0.3) is 5.91 Å². The number of likely N-dealkylation sites (N-methyl/N-ethyl adjacent to an activating group) is 1. The highest BCUT2D eigenvalue weighted by Crippen LogP contribution is 2.23. The summed E-state index contributed by atoms with van der Waals surface area (Å²) in [5.74, 6) is -0.705. The van der Waals surface area contributed by atoms with Gasteiger partial charge in [-0.05, 0) is 18.2 Å². The van der Waals surface area contributed by atoms with E-state index in [9.17, 15) is 9.59 Å². The summed E-state index contributed by atoms with van der Waals surface area (Å²) < 4.78 is 9.78. The van der Waals surface area contributed by atoms with E-state index in [0.29, 0.717) is 10.8 Å². The molecule has 6 heteroatoms. The number of ether oxygens (including phenoxy) is 2. The van der Waals surface area contributed by atoms with Crippen LogP contribution in [0.5, 0.6) is 5.75 Å². The van der Waals surface area contributed by atoms with E-state index in [1.807, 2.05) is 0 Å². The van der Waals surface area contributed by atoms with E-state index in [1.54, 1.807) is 12.1 Å². The molecule has 0 bridgehead atoms. The number of nitrogens with one attached hydrogen (secondary N) is 1. The zero-order chi connectivity index (χ0) is 12.8. The Morgan fingerprint density at radius 1 is 1.41 bits per heavy atom. The average Bonchev–Trinajstić information content (AvgIpc) is 2.35. The molecule has 5 nitrogen and oxygen atoms in total. The van der Waals surface area contributed by atoms with Crippen LogP contribution in [0.15, 0.2) is 18.2 Å². The molecule has 0 spiro atoms. The van der Waals surface area contributed by atoms with Gasteiger partial charge in [0.1, 0.15) is 11.3 Å². The predicted octanol–water partition coefficient (Wildman–Crippen LogP) is 1.25. The lowest BCUT2D eigenvalue weighted by Gasteiger charge is -2.08. The van der Waals surface area contributed by atoms with Crippen molar-refractivity contribution in [1.82, 2.24) is 5.32 Å². The topological polar surface area (TPSA) is 64.6 Å². The molecular weight excluding hydrogens is 246 g/mol. The van der Waals surface area contributed by atoms with Crippen molar-refractivity contribution in [1.29, 1.82) is 0 Å². The summed E-state index contributed by atoms with van der Waals surface area (Å²) in [6.45, 7) is -0.342. The molecule has 1 aromatic rings. The van der Waals surface area contributed by atoms with Gasteiger partial charge in [-0.25, -0.2) is 4.79 Å². The second-order valence-corrected chi connectivity index (χ2v) is 3.53. The maximum absolute atomic E-state index is 11.7. The van der Waals surface area contributed by atoms with E-state index in [0.717, 1.165) is 0 Å². The number of benzene rings is 1. The number of carbonyl (C=O) groups is 2. The third-order valence-corrected chi connectivity index (χ3v) is 2.23. The molecule has 1 amide bonds. The van der Waals surface area contributed by atoms with Crippen molar-refractivity contribution in [3.05, 3.63) is 28.8 Å². The van der Waals surface area contributed by atoms with Crippen molar-refractivity contribution < 1.29 is 19.1 Å². The van der Waals surface area contributed by atoms with E-state index < -0.39 is 5.97 Å². The normalized spacial score (nSPS) is 9.59. The molecule has 1 rings (SSSR count). The molecule has 17 heavy (non-hydrogen) atoms. The number of hydrogen-bond acceptors (Lipinski definition) is 4. The molecule has 0 aromatic heterocycles. The largest absolute Gasteiger partial charge is 0.496 e. The highest BCUT2D eigenvalue weighted by molar-refractivity contribution is 6.31. The molecule has 0 fully saturated rings. The van der Waals surface area contributed by atoms with Crippen molar-refractivity contribution in [3.8, 4) is 5.75 Å². The SMILES string of the molecule is CNC(=O)COC(=O)c1cc(Cl)ccc1OC. The third kappa shape index (κ3) is 3.64. The van der Waals surface area contributed by atoms with E-state index >= 15 is 0 Å². The molecule has 0 aliphatic carbocycles. The molecule has 0 aliphatic heterocycles. The predicted molar refractivity (Wildman–Crippen MR) is 62.4 cm³/mol. The van der Waals surface area contributed by atoms with Crippen LogP contribution < -0.4 is 10.1 Å². The Hall–Kier alpha value is -1.75. The molecule has 0 atom stereocenters. The lowest BCUT2D eigenvalue weighted by molar-refractivity contribution is -0.123. The summed E-state index contributed by atoms with van der Waals surface area (Å²) in [7, 11) is 2.88. The van der Waals surface area contributed by atoms with Gasteiger partial charge in [0.2, 0.25) is 0 Å². The molecule has 0 saturated heterocycles. The minimum atomic E-state index is -0.659. The van der Waals surface area contributed by atoms with Crippen molar-refractivity contribution in [2.24, 2.45) is 0 Å². The van der Waals surface area contributed by atoms with Gasteiger partial charge in [0, 0.05) is 12.1 Å². The second kappa shape index (κ2) is 6.10.